The minimum absolute atomic E-state index is 0.349. The summed E-state index contributed by atoms with van der Waals surface area (Å²) in [5.74, 6) is -0.991. The Labute approximate surface area is 126 Å². The van der Waals surface area contributed by atoms with Crippen LogP contribution in [0.4, 0.5) is 4.79 Å². The zero-order chi connectivity index (χ0) is 15.9. The molecule has 22 heavy (non-hydrogen) atoms. The van der Waals surface area contributed by atoms with E-state index in [-0.39, 0.29) is 6.61 Å². The number of nitrogens with one attached hydrogen (secondary N) is 1. The molecule has 0 atom stereocenters. The van der Waals surface area contributed by atoms with Crippen LogP contribution >= 0.6 is 0 Å². The number of hydrogen-bond acceptors (Lipinski definition) is 5. The van der Waals surface area contributed by atoms with E-state index in [1.165, 1.54) is 0 Å². The number of amides is 3. The summed E-state index contributed by atoms with van der Waals surface area (Å²) >= 11 is 0. The number of carbonyl (C=O) groups excluding carboxylic acids is 3. The van der Waals surface area contributed by atoms with Crippen LogP contribution < -0.4 is 15.8 Å². The van der Waals surface area contributed by atoms with E-state index in [0.29, 0.717) is 5.75 Å². The number of hydrogen-bond donors (Lipinski definition) is 2. The van der Waals surface area contributed by atoms with Crippen LogP contribution in [0.1, 0.15) is 0 Å². The SMILES string of the molecule is NC(=O)NC(=O)COC(=O)COc1cccc2ccccc12. The number of benzene rings is 2. The predicted molar refractivity (Wildman–Crippen MR) is 78.1 cm³/mol. The zero-order valence-corrected chi connectivity index (χ0v) is 11.6. The van der Waals surface area contributed by atoms with Crippen molar-refractivity contribution in [1.29, 1.82) is 0 Å². The first-order valence-electron chi connectivity index (χ1n) is 6.42. The number of rotatable bonds is 5. The van der Waals surface area contributed by atoms with Crippen molar-refractivity contribution in [2.24, 2.45) is 5.73 Å². The Morgan fingerprint density at radius 3 is 2.50 bits per heavy atom. The van der Waals surface area contributed by atoms with E-state index in [9.17, 15) is 14.4 Å². The van der Waals surface area contributed by atoms with Crippen LogP contribution in [0.15, 0.2) is 42.5 Å². The van der Waals surface area contributed by atoms with Crippen LogP contribution in [0.25, 0.3) is 10.8 Å². The van der Waals surface area contributed by atoms with Crippen molar-refractivity contribution in [3.8, 4) is 5.75 Å². The molecule has 0 spiro atoms. The van der Waals surface area contributed by atoms with Gasteiger partial charge in [-0.2, -0.15) is 0 Å². The molecular weight excluding hydrogens is 288 g/mol. The second-order valence-electron chi connectivity index (χ2n) is 4.34. The lowest BCUT2D eigenvalue weighted by Gasteiger charge is -2.09. The molecule has 7 heteroatoms. The summed E-state index contributed by atoms with van der Waals surface area (Å²) in [6.45, 7) is -0.946. The van der Waals surface area contributed by atoms with Gasteiger partial charge in [-0.05, 0) is 11.5 Å². The average molecular weight is 302 g/mol. The standard InChI is InChI=1S/C15H14N2O5/c16-15(20)17-13(18)8-22-14(19)9-21-12-7-3-5-10-4-1-2-6-11(10)12/h1-7H,8-9H2,(H3,16,17,18,20). The van der Waals surface area contributed by atoms with Crippen molar-refractivity contribution in [2.45, 2.75) is 0 Å². The molecule has 3 amide bonds. The molecule has 2 aromatic carbocycles. The maximum atomic E-state index is 11.5. The summed E-state index contributed by atoms with van der Waals surface area (Å²) in [6, 6.07) is 12.0. The van der Waals surface area contributed by atoms with Crippen molar-refractivity contribution in [1.82, 2.24) is 5.32 Å². The van der Waals surface area contributed by atoms with Crippen LogP contribution in [0.3, 0.4) is 0 Å². The van der Waals surface area contributed by atoms with Gasteiger partial charge >= 0.3 is 12.0 Å². The molecule has 0 saturated heterocycles. The lowest BCUT2D eigenvalue weighted by atomic mass is 10.1. The lowest BCUT2D eigenvalue weighted by Crippen LogP contribution is -2.38. The summed E-state index contributed by atoms with van der Waals surface area (Å²) in [5.41, 5.74) is 4.75. The van der Waals surface area contributed by atoms with E-state index in [1.807, 2.05) is 36.4 Å². The van der Waals surface area contributed by atoms with Gasteiger partial charge < -0.3 is 15.2 Å². The molecule has 0 aliphatic carbocycles. The average Bonchev–Trinajstić information content (AvgIpc) is 2.50. The van der Waals surface area contributed by atoms with E-state index in [1.54, 1.807) is 11.4 Å². The third-order valence-electron chi connectivity index (χ3n) is 2.72. The number of fused-ring (bicyclic) bond motifs is 1. The monoisotopic (exact) mass is 302 g/mol. The van der Waals surface area contributed by atoms with Gasteiger partial charge in [0.25, 0.3) is 5.91 Å². The molecule has 0 fully saturated rings. The highest BCUT2D eigenvalue weighted by molar-refractivity contribution is 5.94. The Balaban J connectivity index is 1.88. The van der Waals surface area contributed by atoms with E-state index < -0.39 is 24.5 Å². The Bertz CT molecular complexity index is 709. The molecule has 0 unspecified atom stereocenters. The van der Waals surface area contributed by atoms with Gasteiger partial charge in [-0.1, -0.05) is 36.4 Å². The van der Waals surface area contributed by atoms with E-state index in [0.717, 1.165) is 10.8 Å². The molecule has 0 saturated carbocycles. The molecule has 3 N–H and O–H groups in total. The number of nitrogens with two attached hydrogens (primary N) is 1. The Kier molecular flexibility index (Phi) is 4.92. The first kappa shape index (κ1) is 15.3. The summed E-state index contributed by atoms with van der Waals surface area (Å²) in [6.07, 6.45) is 0. The molecule has 0 aromatic heterocycles. The van der Waals surface area contributed by atoms with E-state index >= 15 is 0 Å². The minimum Gasteiger partial charge on any atom is -0.481 e. The van der Waals surface area contributed by atoms with Crippen LogP contribution in [0, 0.1) is 0 Å². The van der Waals surface area contributed by atoms with Crippen molar-refractivity contribution in [3.05, 3.63) is 42.5 Å². The number of carbonyl (C=O) groups is 3. The maximum absolute atomic E-state index is 11.5. The summed E-state index contributed by atoms with van der Waals surface area (Å²) in [5, 5.41) is 3.62. The van der Waals surface area contributed by atoms with Gasteiger partial charge in [-0.25, -0.2) is 9.59 Å². The molecule has 0 heterocycles. The topological polar surface area (TPSA) is 108 Å². The summed E-state index contributed by atoms with van der Waals surface area (Å²) < 4.78 is 10.1. The van der Waals surface area contributed by atoms with Crippen LogP contribution in [0.5, 0.6) is 5.75 Å². The highest BCUT2D eigenvalue weighted by Crippen LogP contribution is 2.24. The third-order valence-corrected chi connectivity index (χ3v) is 2.72. The van der Waals surface area contributed by atoms with E-state index in [4.69, 9.17) is 10.5 Å². The van der Waals surface area contributed by atoms with Crippen molar-refractivity contribution >= 4 is 28.7 Å². The number of imide groups is 1. The molecule has 0 aliphatic heterocycles. The molecule has 2 rings (SSSR count). The Morgan fingerprint density at radius 2 is 1.73 bits per heavy atom. The van der Waals surface area contributed by atoms with Gasteiger partial charge in [-0.3, -0.25) is 10.1 Å². The molecule has 0 radical (unpaired) electrons. The minimum atomic E-state index is -1.01. The fourth-order valence-corrected chi connectivity index (χ4v) is 1.82. The fourth-order valence-electron chi connectivity index (χ4n) is 1.82. The number of ether oxygens (including phenoxy) is 2. The molecule has 0 aliphatic rings. The third kappa shape index (κ3) is 4.20. The lowest BCUT2D eigenvalue weighted by molar-refractivity contribution is -0.150. The van der Waals surface area contributed by atoms with Crippen LogP contribution in [-0.4, -0.2) is 31.1 Å². The zero-order valence-electron chi connectivity index (χ0n) is 11.6. The molecular formula is C15H14N2O5. The number of esters is 1. The van der Waals surface area contributed by atoms with Gasteiger partial charge in [0.1, 0.15) is 5.75 Å². The van der Waals surface area contributed by atoms with Gasteiger partial charge in [0, 0.05) is 5.39 Å². The van der Waals surface area contributed by atoms with Crippen LogP contribution in [-0.2, 0) is 14.3 Å². The second-order valence-corrected chi connectivity index (χ2v) is 4.34. The van der Waals surface area contributed by atoms with E-state index in [2.05, 4.69) is 4.74 Å². The first-order chi connectivity index (χ1) is 10.6. The molecule has 7 nitrogen and oxygen atoms in total. The highest BCUT2D eigenvalue weighted by atomic mass is 16.6. The van der Waals surface area contributed by atoms with Gasteiger partial charge in [0.05, 0.1) is 0 Å². The van der Waals surface area contributed by atoms with Gasteiger partial charge in [0.2, 0.25) is 0 Å². The van der Waals surface area contributed by atoms with Crippen molar-refractivity contribution in [3.63, 3.8) is 0 Å². The Morgan fingerprint density at radius 1 is 1.00 bits per heavy atom. The molecule has 2 aromatic rings. The van der Waals surface area contributed by atoms with Gasteiger partial charge in [0.15, 0.2) is 13.2 Å². The summed E-state index contributed by atoms with van der Waals surface area (Å²) in [4.78, 5) is 33.0. The second kappa shape index (κ2) is 7.07. The Hall–Kier alpha value is -3.09. The predicted octanol–water partition coefficient (Wildman–Crippen LogP) is 0.957. The first-order valence-corrected chi connectivity index (χ1v) is 6.42. The number of primary amides is 1. The molecule has 0 bridgehead atoms. The largest absolute Gasteiger partial charge is 0.481 e. The molecule has 114 valence electrons. The fraction of sp³-hybridized carbons (Fsp3) is 0.133. The quantitative estimate of drug-likeness (QED) is 0.800. The van der Waals surface area contributed by atoms with Crippen LogP contribution in [0.2, 0.25) is 0 Å². The summed E-state index contributed by atoms with van der Waals surface area (Å²) in [7, 11) is 0. The normalized spacial score (nSPS) is 10.0. The number of urea groups is 1. The van der Waals surface area contributed by atoms with Crippen molar-refractivity contribution < 1.29 is 23.9 Å². The highest BCUT2D eigenvalue weighted by Gasteiger charge is 2.10. The smallest absolute Gasteiger partial charge is 0.344 e. The van der Waals surface area contributed by atoms with Gasteiger partial charge in [-0.15, -0.1) is 0 Å². The van der Waals surface area contributed by atoms with Crippen molar-refractivity contribution in [2.75, 3.05) is 13.2 Å². The maximum Gasteiger partial charge on any atom is 0.344 e.